The van der Waals surface area contributed by atoms with Gasteiger partial charge in [-0.2, -0.15) is 0 Å². The van der Waals surface area contributed by atoms with Crippen LogP contribution in [0.3, 0.4) is 0 Å². The number of hydrogen-bond donors (Lipinski definition) is 1. The summed E-state index contributed by atoms with van der Waals surface area (Å²) < 4.78 is 12.1. The molecule has 0 saturated heterocycles. The number of carbonyl (C=O) groups excluding carboxylic acids is 1. The molecule has 8 heteroatoms. The molecule has 0 aliphatic carbocycles. The number of hydrogen-bond acceptors (Lipinski definition) is 6. The monoisotopic (exact) mass is 450 g/mol. The molecule has 0 spiro atoms. The van der Waals surface area contributed by atoms with Gasteiger partial charge in [-0.3, -0.25) is 0 Å². The van der Waals surface area contributed by atoms with Crippen LogP contribution in [0.15, 0.2) is 60.7 Å². The molecule has 32 heavy (non-hydrogen) atoms. The van der Waals surface area contributed by atoms with Gasteiger partial charge in [-0.05, 0) is 59.7 Å². The van der Waals surface area contributed by atoms with E-state index in [4.69, 9.17) is 21.1 Å². The summed E-state index contributed by atoms with van der Waals surface area (Å²) in [6.45, 7) is 2.85. The number of esters is 1. The first-order chi connectivity index (χ1) is 15.6. The van der Waals surface area contributed by atoms with Gasteiger partial charge in [-0.25, -0.2) is 9.48 Å². The number of ether oxygens (including phenoxy) is 2. The fourth-order valence-electron chi connectivity index (χ4n) is 3.41. The van der Waals surface area contributed by atoms with Crippen molar-refractivity contribution in [1.82, 2.24) is 15.0 Å². The molecule has 0 radical (unpaired) electrons. The minimum atomic E-state index is -0.488. The number of anilines is 1. The molecule has 0 amide bonds. The predicted molar refractivity (Wildman–Crippen MR) is 124 cm³/mol. The van der Waals surface area contributed by atoms with Gasteiger partial charge in [0.05, 0.1) is 32.5 Å². The highest BCUT2D eigenvalue weighted by Gasteiger charge is 2.21. The molecule has 3 aromatic carbocycles. The van der Waals surface area contributed by atoms with E-state index in [9.17, 15) is 4.79 Å². The summed E-state index contributed by atoms with van der Waals surface area (Å²) in [4.78, 5) is 12.4. The van der Waals surface area contributed by atoms with E-state index >= 15 is 0 Å². The molecule has 164 valence electrons. The van der Waals surface area contributed by atoms with Gasteiger partial charge in [0.1, 0.15) is 5.75 Å². The Morgan fingerprint density at radius 3 is 2.56 bits per heavy atom. The van der Waals surface area contributed by atoms with Crippen LogP contribution in [-0.4, -0.2) is 34.7 Å². The number of fused-ring (bicyclic) bond motifs is 1. The first kappa shape index (κ1) is 21.6. The topological polar surface area (TPSA) is 78.3 Å². The molecular formula is C24H23ClN4O3. The Bertz CT molecular complexity index is 1240. The maximum absolute atomic E-state index is 12.4. The number of nitrogens with one attached hydrogen (secondary N) is 1. The van der Waals surface area contributed by atoms with Gasteiger partial charge in [0.2, 0.25) is 0 Å². The Kier molecular flexibility index (Phi) is 6.56. The Hall–Kier alpha value is -3.58. The van der Waals surface area contributed by atoms with Gasteiger partial charge in [-0.1, -0.05) is 41.1 Å². The lowest BCUT2D eigenvalue weighted by Gasteiger charge is -2.11. The van der Waals surface area contributed by atoms with Crippen LogP contribution in [0.4, 0.5) is 5.69 Å². The molecule has 0 unspecified atom stereocenters. The lowest BCUT2D eigenvalue weighted by molar-refractivity contribution is 0.0518. The van der Waals surface area contributed by atoms with Crippen LogP contribution in [0.2, 0.25) is 5.02 Å². The first-order valence-corrected chi connectivity index (χ1v) is 10.6. The number of halogens is 1. The predicted octanol–water partition coefficient (Wildman–Crippen LogP) is 4.93. The summed E-state index contributed by atoms with van der Waals surface area (Å²) in [5, 5.41) is 14.5. The van der Waals surface area contributed by atoms with Crippen molar-refractivity contribution >= 4 is 34.0 Å². The van der Waals surface area contributed by atoms with Gasteiger partial charge in [0.25, 0.3) is 0 Å². The van der Waals surface area contributed by atoms with E-state index < -0.39 is 5.97 Å². The molecule has 1 aromatic heterocycles. The quantitative estimate of drug-likeness (QED) is 0.383. The largest absolute Gasteiger partial charge is 0.497 e. The molecule has 4 aromatic rings. The van der Waals surface area contributed by atoms with E-state index in [1.54, 1.807) is 18.7 Å². The van der Waals surface area contributed by atoms with E-state index in [0.717, 1.165) is 27.8 Å². The van der Waals surface area contributed by atoms with Gasteiger partial charge in [0, 0.05) is 10.7 Å². The van der Waals surface area contributed by atoms with Crippen molar-refractivity contribution in [1.29, 1.82) is 0 Å². The minimum Gasteiger partial charge on any atom is -0.497 e. The standard InChI is InChI=1S/C24H23ClN4O3/c1-3-32-24(30)23-22(29(28-27-23)15-16-4-10-21(31-2)11-5-16)14-26-20-9-7-17-12-19(25)8-6-18(17)13-20/h4-13,26H,3,14-15H2,1-2H3. The van der Waals surface area contributed by atoms with Crippen LogP contribution in [0.1, 0.15) is 28.7 Å². The molecular weight excluding hydrogens is 428 g/mol. The van der Waals surface area contributed by atoms with Crippen molar-refractivity contribution in [3.05, 3.63) is 82.6 Å². The molecule has 0 saturated carbocycles. The van der Waals surface area contributed by atoms with Crippen LogP contribution in [0.5, 0.6) is 5.75 Å². The van der Waals surface area contributed by atoms with Crippen molar-refractivity contribution < 1.29 is 14.3 Å². The third-order valence-corrected chi connectivity index (χ3v) is 5.30. The average Bonchev–Trinajstić information content (AvgIpc) is 3.20. The van der Waals surface area contributed by atoms with E-state index in [1.165, 1.54) is 0 Å². The maximum Gasteiger partial charge on any atom is 0.360 e. The molecule has 0 aliphatic rings. The molecule has 0 atom stereocenters. The molecule has 4 rings (SSSR count). The third-order valence-electron chi connectivity index (χ3n) is 5.06. The Morgan fingerprint density at radius 1 is 1.06 bits per heavy atom. The summed E-state index contributed by atoms with van der Waals surface area (Å²) in [5.41, 5.74) is 2.78. The molecule has 1 N–H and O–H groups in total. The van der Waals surface area contributed by atoms with Crippen molar-refractivity contribution in [3.63, 3.8) is 0 Å². The van der Waals surface area contributed by atoms with Crippen LogP contribution >= 0.6 is 11.6 Å². The highest BCUT2D eigenvalue weighted by atomic mass is 35.5. The Labute approximate surface area is 190 Å². The number of carbonyl (C=O) groups is 1. The lowest BCUT2D eigenvalue weighted by Crippen LogP contribution is -2.15. The number of methoxy groups -OCH3 is 1. The number of rotatable bonds is 8. The zero-order valence-corrected chi connectivity index (χ0v) is 18.6. The van der Waals surface area contributed by atoms with Crippen LogP contribution in [-0.2, 0) is 17.8 Å². The van der Waals surface area contributed by atoms with E-state index in [-0.39, 0.29) is 12.3 Å². The fraction of sp³-hybridized carbons (Fsp3) is 0.208. The second-order valence-electron chi connectivity index (χ2n) is 7.17. The lowest BCUT2D eigenvalue weighted by atomic mass is 10.1. The SMILES string of the molecule is CCOC(=O)c1nnn(Cc2ccc(OC)cc2)c1CNc1ccc2cc(Cl)ccc2c1. The van der Waals surface area contributed by atoms with Gasteiger partial charge in [-0.15, -0.1) is 5.10 Å². The van der Waals surface area contributed by atoms with Gasteiger partial charge in [0.15, 0.2) is 5.69 Å². The molecule has 7 nitrogen and oxygen atoms in total. The highest BCUT2D eigenvalue weighted by Crippen LogP contribution is 2.23. The third kappa shape index (κ3) is 4.84. The Balaban J connectivity index is 1.59. The van der Waals surface area contributed by atoms with Crippen molar-refractivity contribution in [2.24, 2.45) is 0 Å². The number of nitrogens with zero attached hydrogens (tertiary/aromatic N) is 3. The van der Waals surface area contributed by atoms with Crippen molar-refractivity contribution in [2.45, 2.75) is 20.0 Å². The second kappa shape index (κ2) is 9.70. The summed E-state index contributed by atoms with van der Waals surface area (Å²) >= 11 is 6.08. The maximum atomic E-state index is 12.4. The van der Waals surface area contributed by atoms with E-state index in [1.807, 2.05) is 60.7 Å². The smallest absolute Gasteiger partial charge is 0.360 e. The summed E-state index contributed by atoms with van der Waals surface area (Å²) in [6, 6.07) is 19.5. The van der Waals surface area contributed by atoms with Gasteiger partial charge < -0.3 is 14.8 Å². The van der Waals surface area contributed by atoms with Crippen LogP contribution in [0, 0.1) is 0 Å². The first-order valence-electron chi connectivity index (χ1n) is 10.2. The van der Waals surface area contributed by atoms with Gasteiger partial charge >= 0.3 is 5.97 Å². The fourth-order valence-corrected chi connectivity index (χ4v) is 3.59. The number of aromatic nitrogens is 3. The van der Waals surface area contributed by atoms with Crippen molar-refractivity contribution in [3.8, 4) is 5.75 Å². The molecule has 1 heterocycles. The van der Waals surface area contributed by atoms with Crippen LogP contribution < -0.4 is 10.1 Å². The molecule has 0 bridgehead atoms. The minimum absolute atomic E-state index is 0.209. The Morgan fingerprint density at radius 2 is 1.81 bits per heavy atom. The van der Waals surface area contributed by atoms with Crippen molar-refractivity contribution in [2.75, 3.05) is 19.0 Å². The second-order valence-corrected chi connectivity index (χ2v) is 7.61. The molecule has 0 fully saturated rings. The summed E-state index contributed by atoms with van der Waals surface area (Å²) in [5.74, 6) is 0.289. The normalized spacial score (nSPS) is 10.8. The van der Waals surface area contributed by atoms with Crippen LogP contribution in [0.25, 0.3) is 10.8 Å². The van der Waals surface area contributed by atoms with E-state index in [0.29, 0.717) is 23.8 Å². The highest BCUT2D eigenvalue weighted by molar-refractivity contribution is 6.31. The molecule has 0 aliphatic heterocycles. The number of benzene rings is 3. The summed E-state index contributed by atoms with van der Waals surface area (Å²) in [6.07, 6.45) is 0. The average molecular weight is 451 g/mol. The zero-order chi connectivity index (χ0) is 22.5. The van der Waals surface area contributed by atoms with E-state index in [2.05, 4.69) is 15.6 Å². The summed E-state index contributed by atoms with van der Waals surface area (Å²) in [7, 11) is 1.63. The zero-order valence-electron chi connectivity index (χ0n) is 17.8.